The van der Waals surface area contributed by atoms with Crippen molar-refractivity contribution < 1.29 is 18.3 Å². The summed E-state index contributed by atoms with van der Waals surface area (Å²) < 4.78 is 34.1. The number of aryl methyl sites for hydroxylation is 2. The van der Waals surface area contributed by atoms with Crippen molar-refractivity contribution in [1.82, 2.24) is 0 Å². The summed E-state index contributed by atoms with van der Waals surface area (Å²) in [5.74, 6) is 0.326. The largest absolute Gasteiger partial charge is 0.493 e. The fourth-order valence-corrected chi connectivity index (χ4v) is 2.07. The Balaban J connectivity index is 2.08. The molecule has 3 nitrogen and oxygen atoms in total. The number of hydrogen-bond acceptors (Lipinski definition) is 3. The molecule has 0 atom stereocenters. The SMILES string of the molecule is COc1cc(CNc2ccc(C)c(C)c2)ccc1OC(F)F. The lowest BCUT2D eigenvalue weighted by Gasteiger charge is -2.13. The van der Waals surface area contributed by atoms with Crippen molar-refractivity contribution >= 4 is 5.69 Å². The minimum absolute atomic E-state index is 0.0347. The Morgan fingerprint density at radius 1 is 1.00 bits per heavy atom. The molecule has 0 aliphatic rings. The second kappa shape index (κ2) is 7.11. The highest BCUT2D eigenvalue weighted by atomic mass is 19.3. The highest BCUT2D eigenvalue weighted by Gasteiger charge is 2.11. The number of nitrogens with one attached hydrogen (secondary N) is 1. The number of alkyl halides is 2. The van der Waals surface area contributed by atoms with Crippen molar-refractivity contribution in [2.75, 3.05) is 12.4 Å². The van der Waals surface area contributed by atoms with Gasteiger partial charge in [0.05, 0.1) is 7.11 Å². The van der Waals surface area contributed by atoms with E-state index in [-0.39, 0.29) is 5.75 Å². The predicted octanol–water partition coefficient (Wildman–Crippen LogP) is 4.53. The van der Waals surface area contributed by atoms with E-state index in [2.05, 4.69) is 36.0 Å². The van der Waals surface area contributed by atoms with Crippen LogP contribution in [-0.2, 0) is 6.54 Å². The summed E-state index contributed by atoms with van der Waals surface area (Å²) >= 11 is 0. The fourth-order valence-electron chi connectivity index (χ4n) is 2.07. The number of ether oxygens (including phenoxy) is 2. The zero-order valence-corrected chi connectivity index (χ0v) is 12.8. The number of benzene rings is 2. The van der Waals surface area contributed by atoms with Crippen LogP contribution in [0.15, 0.2) is 36.4 Å². The van der Waals surface area contributed by atoms with Crippen LogP contribution in [0.1, 0.15) is 16.7 Å². The number of halogens is 2. The van der Waals surface area contributed by atoms with Crippen LogP contribution in [0.5, 0.6) is 11.5 Å². The molecule has 22 heavy (non-hydrogen) atoms. The van der Waals surface area contributed by atoms with E-state index in [1.54, 1.807) is 12.1 Å². The number of methoxy groups -OCH3 is 1. The lowest BCUT2D eigenvalue weighted by molar-refractivity contribution is -0.0512. The minimum atomic E-state index is -2.87. The monoisotopic (exact) mass is 307 g/mol. The Bertz CT molecular complexity index is 645. The van der Waals surface area contributed by atoms with Crippen molar-refractivity contribution in [2.45, 2.75) is 27.0 Å². The summed E-state index contributed by atoms with van der Waals surface area (Å²) in [5.41, 5.74) is 4.37. The molecule has 0 bridgehead atoms. The van der Waals surface area contributed by atoms with Crippen LogP contribution in [0, 0.1) is 13.8 Å². The van der Waals surface area contributed by atoms with Crippen molar-refractivity contribution in [3.8, 4) is 11.5 Å². The standard InChI is InChI=1S/C17H19F2NO2/c1-11-4-6-14(8-12(11)2)20-10-13-5-7-15(22-17(18)19)16(9-13)21-3/h4-9,17,20H,10H2,1-3H3. The van der Waals surface area contributed by atoms with Gasteiger partial charge in [0.15, 0.2) is 11.5 Å². The molecule has 5 heteroatoms. The maximum Gasteiger partial charge on any atom is 0.387 e. The summed E-state index contributed by atoms with van der Waals surface area (Å²) in [4.78, 5) is 0. The van der Waals surface area contributed by atoms with Gasteiger partial charge in [-0.3, -0.25) is 0 Å². The van der Waals surface area contributed by atoms with Crippen LogP contribution in [-0.4, -0.2) is 13.7 Å². The number of hydrogen-bond donors (Lipinski definition) is 1. The van der Waals surface area contributed by atoms with Crippen molar-refractivity contribution in [3.05, 3.63) is 53.1 Å². The fraction of sp³-hybridized carbons (Fsp3) is 0.294. The molecule has 0 saturated heterocycles. The van der Waals surface area contributed by atoms with E-state index in [0.717, 1.165) is 11.3 Å². The summed E-state index contributed by atoms with van der Waals surface area (Å²) in [6.07, 6.45) is 0. The predicted molar refractivity (Wildman–Crippen MR) is 82.9 cm³/mol. The molecule has 2 aromatic carbocycles. The first-order valence-electron chi connectivity index (χ1n) is 6.92. The summed E-state index contributed by atoms with van der Waals surface area (Å²) in [6, 6.07) is 11.0. The van der Waals surface area contributed by atoms with Gasteiger partial charge in [-0.25, -0.2) is 0 Å². The zero-order chi connectivity index (χ0) is 16.1. The van der Waals surface area contributed by atoms with E-state index >= 15 is 0 Å². The quantitative estimate of drug-likeness (QED) is 0.851. The molecule has 0 aliphatic carbocycles. The van der Waals surface area contributed by atoms with Gasteiger partial charge < -0.3 is 14.8 Å². The van der Waals surface area contributed by atoms with Gasteiger partial charge in [-0.2, -0.15) is 8.78 Å². The average molecular weight is 307 g/mol. The van der Waals surface area contributed by atoms with E-state index in [9.17, 15) is 8.78 Å². The molecule has 0 saturated carbocycles. The summed E-state index contributed by atoms with van der Waals surface area (Å²) in [5, 5.41) is 3.30. The second-order valence-corrected chi connectivity index (χ2v) is 5.02. The van der Waals surface area contributed by atoms with Crippen molar-refractivity contribution in [3.63, 3.8) is 0 Å². The maximum atomic E-state index is 12.3. The van der Waals surface area contributed by atoms with Gasteiger partial charge in [-0.1, -0.05) is 12.1 Å². The highest BCUT2D eigenvalue weighted by molar-refractivity contribution is 5.49. The van der Waals surface area contributed by atoms with Crippen LogP contribution >= 0.6 is 0 Å². The van der Waals surface area contributed by atoms with E-state index in [1.807, 2.05) is 6.07 Å². The van der Waals surface area contributed by atoms with E-state index in [4.69, 9.17) is 4.74 Å². The molecule has 2 aromatic rings. The van der Waals surface area contributed by atoms with Crippen molar-refractivity contribution in [1.29, 1.82) is 0 Å². The molecular formula is C17H19F2NO2. The second-order valence-electron chi connectivity index (χ2n) is 5.02. The topological polar surface area (TPSA) is 30.5 Å². The van der Waals surface area contributed by atoms with Gasteiger partial charge >= 0.3 is 6.61 Å². The van der Waals surface area contributed by atoms with Gasteiger partial charge in [0.2, 0.25) is 0 Å². The van der Waals surface area contributed by atoms with E-state index < -0.39 is 6.61 Å². The minimum Gasteiger partial charge on any atom is -0.493 e. The molecule has 0 amide bonds. The molecule has 0 fully saturated rings. The van der Waals surface area contributed by atoms with Crippen LogP contribution in [0.4, 0.5) is 14.5 Å². The summed E-state index contributed by atoms with van der Waals surface area (Å²) in [7, 11) is 1.42. The highest BCUT2D eigenvalue weighted by Crippen LogP contribution is 2.29. The first-order valence-corrected chi connectivity index (χ1v) is 6.92. The smallest absolute Gasteiger partial charge is 0.387 e. The molecule has 2 rings (SSSR count). The molecule has 0 spiro atoms. The lowest BCUT2D eigenvalue weighted by Crippen LogP contribution is -2.05. The third-order valence-corrected chi connectivity index (χ3v) is 3.45. The first kappa shape index (κ1) is 16.1. The zero-order valence-electron chi connectivity index (χ0n) is 12.8. The van der Waals surface area contributed by atoms with Gasteiger partial charge in [-0.05, 0) is 54.8 Å². The molecule has 0 unspecified atom stereocenters. The van der Waals surface area contributed by atoms with Gasteiger partial charge in [0, 0.05) is 12.2 Å². The Kier molecular flexibility index (Phi) is 5.20. The first-order chi connectivity index (χ1) is 10.5. The van der Waals surface area contributed by atoms with Crippen LogP contribution in [0.25, 0.3) is 0 Å². The number of anilines is 1. The molecular weight excluding hydrogens is 288 g/mol. The van der Waals surface area contributed by atoms with E-state index in [0.29, 0.717) is 12.3 Å². The molecule has 0 heterocycles. The third-order valence-electron chi connectivity index (χ3n) is 3.45. The van der Waals surface area contributed by atoms with Crippen LogP contribution < -0.4 is 14.8 Å². The van der Waals surface area contributed by atoms with Crippen LogP contribution in [0.2, 0.25) is 0 Å². The Labute approximate surface area is 128 Å². The molecule has 118 valence electrons. The van der Waals surface area contributed by atoms with Gasteiger partial charge in [0.1, 0.15) is 0 Å². The third kappa shape index (κ3) is 4.10. The molecule has 0 aliphatic heterocycles. The molecule has 1 N–H and O–H groups in total. The molecule has 0 radical (unpaired) electrons. The maximum absolute atomic E-state index is 12.3. The lowest BCUT2D eigenvalue weighted by atomic mass is 10.1. The van der Waals surface area contributed by atoms with Gasteiger partial charge in [0.25, 0.3) is 0 Å². The van der Waals surface area contributed by atoms with Crippen molar-refractivity contribution in [2.24, 2.45) is 0 Å². The van der Waals surface area contributed by atoms with Crippen LogP contribution in [0.3, 0.4) is 0 Å². The summed E-state index contributed by atoms with van der Waals surface area (Å²) in [6.45, 7) is 1.81. The van der Waals surface area contributed by atoms with E-state index in [1.165, 1.54) is 24.3 Å². The Hall–Kier alpha value is -2.30. The Morgan fingerprint density at radius 2 is 1.77 bits per heavy atom. The number of rotatable bonds is 6. The van der Waals surface area contributed by atoms with Gasteiger partial charge in [-0.15, -0.1) is 0 Å². The molecule has 0 aromatic heterocycles. The normalized spacial score (nSPS) is 10.6. The average Bonchev–Trinajstić information content (AvgIpc) is 2.49. The Morgan fingerprint density at radius 3 is 2.41 bits per heavy atom.